The molecule has 0 saturated heterocycles. The molecule has 8 heteroatoms. The van der Waals surface area contributed by atoms with E-state index in [1.54, 1.807) is 42.5 Å². The molecule has 6 rings (SSSR count). The Morgan fingerprint density at radius 2 is 1.33 bits per heavy atom. The van der Waals surface area contributed by atoms with Crippen LogP contribution in [0.3, 0.4) is 0 Å². The van der Waals surface area contributed by atoms with Crippen molar-refractivity contribution < 1.29 is 14.4 Å². The van der Waals surface area contributed by atoms with Crippen LogP contribution in [0.4, 0.5) is 11.4 Å². The van der Waals surface area contributed by atoms with Crippen molar-refractivity contribution in [3.8, 4) is 0 Å². The molecule has 1 unspecified atom stereocenters. The van der Waals surface area contributed by atoms with E-state index in [1.807, 2.05) is 109 Å². The van der Waals surface area contributed by atoms with Crippen LogP contribution in [-0.2, 0) is 4.79 Å². The zero-order chi connectivity index (χ0) is 33.6. The predicted octanol–water partition coefficient (Wildman–Crippen LogP) is 8.48. The van der Waals surface area contributed by atoms with Crippen LogP contribution >= 0.6 is 11.8 Å². The summed E-state index contributed by atoms with van der Waals surface area (Å²) in [6.07, 6.45) is 2.31. The third kappa shape index (κ3) is 7.04. The Hall–Kier alpha value is -5.60. The van der Waals surface area contributed by atoms with Gasteiger partial charge in [-0.25, -0.2) is 0 Å². The van der Waals surface area contributed by atoms with Crippen molar-refractivity contribution in [3.63, 3.8) is 0 Å². The summed E-state index contributed by atoms with van der Waals surface area (Å²) in [5.41, 5.74) is 4.71. The summed E-state index contributed by atoms with van der Waals surface area (Å²) in [4.78, 5) is 43.5. The number of fused-ring (bicyclic) bond motifs is 3. The Morgan fingerprint density at radius 1 is 0.750 bits per heavy atom. The first-order chi connectivity index (χ1) is 23.3. The van der Waals surface area contributed by atoms with Gasteiger partial charge in [-0.3, -0.25) is 19.0 Å². The normalized spacial score (nSPS) is 12.1. The Morgan fingerprint density at radius 3 is 1.92 bits per heavy atom. The minimum absolute atomic E-state index is 0.0276. The van der Waals surface area contributed by atoms with Crippen molar-refractivity contribution in [2.75, 3.05) is 24.3 Å². The maximum absolute atomic E-state index is 14.0. The molecule has 1 aromatic heterocycles. The number of carbonyl (C=O) groups is 3. The maximum Gasteiger partial charge on any atom is 0.272 e. The highest BCUT2D eigenvalue weighted by Crippen LogP contribution is 2.33. The molecule has 1 atom stereocenters. The van der Waals surface area contributed by atoms with E-state index in [-0.39, 0.29) is 22.8 Å². The average Bonchev–Trinajstić information content (AvgIpc) is 3.45. The van der Waals surface area contributed by atoms with Gasteiger partial charge in [0.15, 0.2) is 0 Å². The summed E-state index contributed by atoms with van der Waals surface area (Å²) in [6.45, 7) is 2.02. The number of para-hydroxylation sites is 2. The van der Waals surface area contributed by atoms with Gasteiger partial charge in [0, 0.05) is 46.7 Å². The minimum Gasteiger partial charge on any atom is -0.378 e. The lowest BCUT2D eigenvalue weighted by molar-refractivity contribution is -0.113. The van der Waals surface area contributed by atoms with Gasteiger partial charge in [-0.15, -0.1) is 11.8 Å². The van der Waals surface area contributed by atoms with Crippen molar-refractivity contribution in [2.24, 2.45) is 0 Å². The van der Waals surface area contributed by atoms with Crippen LogP contribution in [-0.4, -0.2) is 41.6 Å². The van der Waals surface area contributed by atoms with Crippen molar-refractivity contribution in [2.45, 2.75) is 23.5 Å². The van der Waals surface area contributed by atoms with Crippen LogP contribution in [0.5, 0.6) is 0 Å². The van der Waals surface area contributed by atoms with E-state index in [1.165, 1.54) is 11.8 Å². The molecule has 0 fully saturated rings. The lowest BCUT2D eigenvalue weighted by Crippen LogP contribution is -2.30. The third-order valence-corrected chi connectivity index (χ3v) is 9.45. The summed E-state index contributed by atoms with van der Waals surface area (Å²) in [7, 11) is 3.92. The number of benzene rings is 5. The topological polar surface area (TPSA) is 83.4 Å². The van der Waals surface area contributed by atoms with Crippen LogP contribution < -0.4 is 15.5 Å². The largest absolute Gasteiger partial charge is 0.378 e. The quantitative estimate of drug-likeness (QED) is 0.115. The molecule has 0 aliphatic rings. The zero-order valence-electron chi connectivity index (χ0n) is 27.0. The highest BCUT2D eigenvalue weighted by molar-refractivity contribution is 8.00. The molecule has 0 aliphatic heterocycles. The molecule has 1 heterocycles. The van der Waals surface area contributed by atoms with E-state index >= 15 is 0 Å². The second-order valence-electron chi connectivity index (χ2n) is 11.6. The average molecular weight is 653 g/mol. The number of nitrogens with one attached hydrogen (secondary N) is 2. The van der Waals surface area contributed by atoms with Crippen LogP contribution in [0.2, 0.25) is 0 Å². The fourth-order valence-corrected chi connectivity index (χ4v) is 6.56. The Labute approximate surface area is 284 Å². The molecule has 2 amide bonds. The number of rotatable bonds is 10. The van der Waals surface area contributed by atoms with E-state index in [9.17, 15) is 14.4 Å². The molecular formula is C40H36N4O3S. The van der Waals surface area contributed by atoms with Crippen molar-refractivity contribution in [1.82, 2.24) is 9.88 Å². The summed E-state index contributed by atoms with van der Waals surface area (Å²) in [6, 6.07) is 39.9. The Balaban J connectivity index is 1.20. The van der Waals surface area contributed by atoms with Crippen LogP contribution in [0, 0.1) is 0 Å². The first-order valence-electron chi connectivity index (χ1n) is 15.8. The first kappa shape index (κ1) is 32.3. The minimum atomic E-state index is -0.454. The van der Waals surface area contributed by atoms with Gasteiger partial charge >= 0.3 is 0 Å². The zero-order valence-corrected chi connectivity index (χ0v) is 27.8. The van der Waals surface area contributed by atoms with Gasteiger partial charge in [0.2, 0.25) is 5.91 Å². The van der Waals surface area contributed by atoms with E-state index in [2.05, 4.69) is 22.8 Å². The van der Waals surface area contributed by atoms with Crippen molar-refractivity contribution in [1.29, 1.82) is 0 Å². The van der Waals surface area contributed by atoms with Gasteiger partial charge in [0.05, 0.1) is 16.3 Å². The van der Waals surface area contributed by atoms with Crippen molar-refractivity contribution in [3.05, 3.63) is 144 Å². The summed E-state index contributed by atoms with van der Waals surface area (Å²) in [5.74, 6) is -0.809. The second-order valence-corrected chi connectivity index (χ2v) is 12.8. The van der Waals surface area contributed by atoms with E-state index in [0.717, 1.165) is 38.0 Å². The standard InChI is InChI=1S/C40H36N4O3S/c1-4-37(40(47)44-35-16-10-8-14-32(35)33-15-9-11-17-36(33)44)48-31-24-20-29(21-25-31)41-39(46)34(42-38(45)28-12-6-5-7-13-28)26-27-18-22-30(23-19-27)43(2)3/h5-26,37H,4H2,1-3H3,(H,41,46)(H,42,45)/b34-26-. The molecule has 5 aromatic carbocycles. The number of amides is 2. The molecule has 2 N–H and O–H groups in total. The van der Waals surface area contributed by atoms with Crippen LogP contribution in [0.1, 0.15) is 34.1 Å². The van der Waals surface area contributed by atoms with Crippen LogP contribution in [0.25, 0.3) is 27.9 Å². The molecule has 48 heavy (non-hydrogen) atoms. The second kappa shape index (κ2) is 14.4. The monoisotopic (exact) mass is 652 g/mol. The van der Waals surface area contributed by atoms with Gasteiger partial charge in [-0.1, -0.05) is 73.7 Å². The lowest BCUT2D eigenvalue weighted by Gasteiger charge is -2.16. The lowest BCUT2D eigenvalue weighted by atomic mass is 10.1. The number of anilines is 2. The van der Waals surface area contributed by atoms with E-state index < -0.39 is 5.91 Å². The fourth-order valence-electron chi connectivity index (χ4n) is 5.57. The molecule has 0 aliphatic carbocycles. The number of hydrogen-bond acceptors (Lipinski definition) is 5. The maximum atomic E-state index is 14.0. The molecule has 0 spiro atoms. The van der Waals surface area contributed by atoms with Gasteiger partial charge in [0.1, 0.15) is 5.70 Å². The molecule has 7 nitrogen and oxygen atoms in total. The smallest absolute Gasteiger partial charge is 0.272 e. The molecule has 0 bridgehead atoms. The van der Waals surface area contributed by atoms with Crippen LogP contribution in [0.15, 0.2) is 138 Å². The molecule has 0 saturated carbocycles. The van der Waals surface area contributed by atoms with Gasteiger partial charge < -0.3 is 15.5 Å². The Bertz CT molecular complexity index is 2070. The summed E-state index contributed by atoms with van der Waals surface area (Å²) in [5, 5.41) is 7.51. The van der Waals surface area contributed by atoms with E-state index in [0.29, 0.717) is 17.7 Å². The van der Waals surface area contributed by atoms with Crippen molar-refractivity contribution >= 4 is 68.7 Å². The highest BCUT2D eigenvalue weighted by atomic mass is 32.2. The SMILES string of the molecule is CCC(Sc1ccc(NC(=O)/C(=C/c2ccc(N(C)C)cc2)NC(=O)c2ccccc2)cc1)C(=O)n1c2ccccc2c2ccccc21. The predicted molar refractivity (Wildman–Crippen MR) is 198 cm³/mol. The van der Waals surface area contributed by atoms with Gasteiger partial charge in [-0.2, -0.15) is 0 Å². The summed E-state index contributed by atoms with van der Waals surface area (Å²) < 4.78 is 1.84. The highest BCUT2D eigenvalue weighted by Gasteiger charge is 2.24. The number of thioether (sulfide) groups is 1. The number of nitrogens with zero attached hydrogens (tertiary/aromatic N) is 2. The number of carbonyl (C=O) groups excluding carboxylic acids is 3. The molecule has 0 radical (unpaired) electrons. The summed E-state index contributed by atoms with van der Waals surface area (Å²) >= 11 is 1.50. The Kier molecular flexibility index (Phi) is 9.73. The number of aromatic nitrogens is 1. The molecule has 6 aromatic rings. The van der Waals surface area contributed by atoms with Gasteiger partial charge in [0.25, 0.3) is 11.8 Å². The molecule has 240 valence electrons. The van der Waals surface area contributed by atoms with E-state index in [4.69, 9.17) is 0 Å². The van der Waals surface area contributed by atoms with Gasteiger partial charge in [-0.05, 0) is 78.7 Å². The fraction of sp³-hybridized carbons (Fsp3) is 0.125. The molecular weight excluding hydrogens is 617 g/mol. The number of hydrogen-bond donors (Lipinski definition) is 2. The third-order valence-electron chi connectivity index (χ3n) is 8.09. The first-order valence-corrected chi connectivity index (χ1v) is 16.7.